The molecule has 0 N–H and O–H groups in total. The lowest BCUT2D eigenvalue weighted by atomic mass is 9.93. The Bertz CT molecular complexity index is 360. The van der Waals surface area contributed by atoms with E-state index in [4.69, 9.17) is 4.74 Å². The Kier molecular flexibility index (Phi) is 6.97. The minimum atomic E-state index is 0.407. The third kappa shape index (κ3) is 5.42. The van der Waals surface area contributed by atoms with Gasteiger partial charge in [0, 0.05) is 19.1 Å². The van der Waals surface area contributed by atoms with Crippen LogP contribution in [-0.2, 0) is 4.74 Å². The summed E-state index contributed by atoms with van der Waals surface area (Å²) in [6.07, 6.45) is 9.23. The average Bonchev–Trinajstić information content (AvgIpc) is 2.96. The van der Waals surface area contributed by atoms with Crippen molar-refractivity contribution in [2.24, 2.45) is 5.92 Å². The lowest BCUT2D eigenvalue weighted by molar-refractivity contribution is -0.0693. The molecule has 3 saturated heterocycles. The summed E-state index contributed by atoms with van der Waals surface area (Å²) in [5, 5.41) is 0. The monoisotopic (exact) mass is 337 g/mol. The van der Waals surface area contributed by atoms with Gasteiger partial charge in [0.15, 0.2) is 0 Å². The van der Waals surface area contributed by atoms with Crippen LogP contribution in [0, 0.1) is 5.92 Å². The van der Waals surface area contributed by atoms with Crippen LogP contribution < -0.4 is 0 Å². The van der Waals surface area contributed by atoms with Crippen molar-refractivity contribution in [2.75, 3.05) is 52.9 Å². The molecule has 24 heavy (non-hydrogen) atoms. The molecular formula is C20H39N3O. The first kappa shape index (κ1) is 18.6. The SMILES string of the molecule is C[C@@H]1CN(CCC2CCN(CC[C@H]3CCCN3C)CC2)C[C@@H](C)O1. The summed E-state index contributed by atoms with van der Waals surface area (Å²) < 4.78 is 5.85. The van der Waals surface area contributed by atoms with E-state index >= 15 is 0 Å². The van der Waals surface area contributed by atoms with Gasteiger partial charge in [-0.25, -0.2) is 0 Å². The van der Waals surface area contributed by atoms with Crippen LogP contribution in [-0.4, -0.2) is 85.8 Å². The number of hydrogen-bond donors (Lipinski definition) is 0. The van der Waals surface area contributed by atoms with Crippen molar-refractivity contribution in [3.05, 3.63) is 0 Å². The van der Waals surface area contributed by atoms with Gasteiger partial charge in [0.2, 0.25) is 0 Å². The van der Waals surface area contributed by atoms with Crippen LogP contribution in [0.2, 0.25) is 0 Å². The molecule has 0 amide bonds. The lowest BCUT2D eigenvalue weighted by Gasteiger charge is -2.37. The highest BCUT2D eigenvalue weighted by molar-refractivity contribution is 4.80. The van der Waals surface area contributed by atoms with Gasteiger partial charge in [-0.15, -0.1) is 0 Å². The van der Waals surface area contributed by atoms with Crippen molar-refractivity contribution >= 4 is 0 Å². The molecule has 0 aliphatic carbocycles. The van der Waals surface area contributed by atoms with Crippen molar-refractivity contribution in [1.29, 1.82) is 0 Å². The molecule has 0 bridgehead atoms. The number of rotatable bonds is 6. The molecule has 3 heterocycles. The van der Waals surface area contributed by atoms with E-state index in [0.29, 0.717) is 12.2 Å². The molecule has 3 aliphatic rings. The first-order chi connectivity index (χ1) is 11.6. The van der Waals surface area contributed by atoms with E-state index in [-0.39, 0.29) is 0 Å². The molecule has 4 nitrogen and oxygen atoms in total. The molecule has 3 aliphatic heterocycles. The molecule has 140 valence electrons. The molecule has 0 radical (unpaired) electrons. The molecule has 0 unspecified atom stereocenters. The summed E-state index contributed by atoms with van der Waals surface area (Å²) in [7, 11) is 2.30. The van der Waals surface area contributed by atoms with E-state index in [9.17, 15) is 0 Å². The maximum absolute atomic E-state index is 5.85. The maximum atomic E-state index is 5.85. The van der Waals surface area contributed by atoms with Gasteiger partial charge in [0.25, 0.3) is 0 Å². The minimum Gasteiger partial charge on any atom is -0.373 e. The van der Waals surface area contributed by atoms with Crippen LogP contribution >= 0.6 is 0 Å². The third-order valence-corrected chi connectivity index (χ3v) is 6.51. The molecule has 3 rings (SSSR count). The summed E-state index contributed by atoms with van der Waals surface area (Å²) in [6.45, 7) is 13.2. The van der Waals surface area contributed by atoms with Gasteiger partial charge < -0.3 is 14.5 Å². The standard InChI is InChI=1S/C20H39N3O/c1-17-15-23(16-18(2)24-17)13-8-19-6-11-22(12-7-19)14-9-20-5-4-10-21(20)3/h17-20H,4-16H2,1-3H3/t17-,18-,20-/m1/s1. The second-order valence-corrected chi connectivity index (χ2v) is 8.66. The quantitative estimate of drug-likeness (QED) is 0.742. The summed E-state index contributed by atoms with van der Waals surface area (Å²) >= 11 is 0. The van der Waals surface area contributed by atoms with E-state index < -0.39 is 0 Å². The summed E-state index contributed by atoms with van der Waals surface area (Å²) in [5.74, 6) is 0.948. The number of likely N-dealkylation sites (tertiary alicyclic amines) is 2. The van der Waals surface area contributed by atoms with Gasteiger partial charge in [-0.2, -0.15) is 0 Å². The smallest absolute Gasteiger partial charge is 0.0678 e. The van der Waals surface area contributed by atoms with Crippen LogP contribution in [0.3, 0.4) is 0 Å². The van der Waals surface area contributed by atoms with Crippen molar-refractivity contribution in [3.8, 4) is 0 Å². The summed E-state index contributed by atoms with van der Waals surface area (Å²) in [4.78, 5) is 7.92. The van der Waals surface area contributed by atoms with Crippen molar-refractivity contribution < 1.29 is 4.74 Å². The van der Waals surface area contributed by atoms with Crippen molar-refractivity contribution in [3.63, 3.8) is 0 Å². The van der Waals surface area contributed by atoms with Crippen LogP contribution in [0.4, 0.5) is 0 Å². The molecule has 0 aromatic heterocycles. The van der Waals surface area contributed by atoms with Crippen molar-refractivity contribution in [1.82, 2.24) is 14.7 Å². The lowest BCUT2D eigenvalue weighted by Crippen LogP contribution is -2.46. The van der Waals surface area contributed by atoms with Gasteiger partial charge >= 0.3 is 0 Å². The van der Waals surface area contributed by atoms with E-state index in [0.717, 1.165) is 25.0 Å². The number of morpholine rings is 1. The van der Waals surface area contributed by atoms with E-state index in [1.165, 1.54) is 71.2 Å². The fraction of sp³-hybridized carbons (Fsp3) is 1.00. The number of hydrogen-bond acceptors (Lipinski definition) is 4. The van der Waals surface area contributed by atoms with Gasteiger partial charge in [-0.05, 0) is 98.1 Å². The molecule has 0 saturated carbocycles. The number of piperidine rings is 1. The Labute approximate surface area is 149 Å². The van der Waals surface area contributed by atoms with Crippen LogP contribution in [0.25, 0.3) is 0 Å². The Balaban J connectivity index is 1.29. The van der Waals surface area contributed by atoms with Crippen molar-refractivity contribution in [2.45, 2.75) is 70.6 Å². The first-order valence-electron chi connectivity index (χ1n) is 10.4. The second-order valence-electron chi connectivity index (χ2n) is 8.66. The zero-order valence-electron chi connectivity index (χ0n) is 16.3. The molecule has 0 aromatic carbocycles. The largest absolute Gasteiger partial charge is 0.373 e. The number of nitrogens with zero attached hydrogens (tertiary/aromatic N) is 3. The van der Waals surface area contributed by atoms with Gasteiger partial charge in [0.1, 0.15) is 0 Å². The fourth-order valence-corrected chi connectivity index (χ4v) is 5.01. The Morgan fingerprint density at radius 1 is 0.833 bits per heavy atom. The fourth-order valence-electron chi connectivity index (χ4n) is 5.01. The van der Waals surface area contributed by atoms with Gasteiger partial charge in [-0.3, -0.25) is 4.90 Å². The highest BCUT2D eigenvalue weighted by atomic mass is 16.5. The summed E-state index contributed by atoms with van der Waals surface area (Å²) in [6, 6.07) is 0.855. The second kappa shape index (κ2) is 8.98. The zero-order valence-corrected chi connectivity index (χ0v) is 16.3. The molecule has 4 heteroatoms. The minimum absolute atomic E-state index is 0.407. The van der Waals surface area contributed by atoms with Gasteiger partial charge in [0.05, 0.1) is 12.2 Å². The molecule has 3 atom stereocenters. The summed E-state index contributed by atoms with van der Waals surface area (Å²) in [5.41, 5.74) is 0. The first-order valence-corrected chi connectivity index (χ1v) is 10.4. The van der Waals surface area contributed by atoms with Crippen LogP contribution in [0.1, 0.15) is 52.4 Å². The number of ether oxygens (including phenoxy) is 1. The molecular weight excluding hydrogens is 298 g/mol. The van der Waals surface area contributed by atoms with E-state index in [1.54, 1.807) is 0 Å². The Morgan fingerprint density at radius 3 is 2.12 bits per heavy atom. The highest BCUT2D eigenvalue weighted by Gasteiger charge is 2.25. The zero-order chi connectivity index (χ0) is 16.9. The topological polar surface area (TPSA) is 19.0 Å². The predicted octanol–water partition coefficient (Wildman–Crippen LogP) is 2.68. The molecule has 3 fully saturated rings. The normalized spacial score (nSPS) is 34.9. The van der Waals surface area contributed by atoms with Crippen LogP contribution in [0.15, 0.2) is 0 Å². The predicted molar refractivity (Wildman–Crippen MR) is 100 cm³/mol. The third-order valence-electron chi connectivity index (χ3n) is 6.51. The average molecular weight is 338 g/mol. The molecule has 0 aromatic rings. The van der Waals surface area contributed by atoms with Gasteiger partial charge in [-0.1, -0.05) is 0 Å². The highest BCUT2D eigenvalue weighted by Crippen LogP contribution is 2.24. The van der Waals surface area contributed by atoms with E-state index in [1.807, 2.05) is 0 Å². The van der Waals surface area contributed by atoms with E-state index in [2.05, 4.69) is 35.6 Å². The molecule has 0 spiro atoms. The maximum Gasteiger partial charge on any atom is 0.0678 e. The van der Waals surface area contributed by atoms with Crippen LogP contribution in [0.5, 0.6) is 0 Å². The Hall–Kier alpha value is -0.160. The Morgan fingerprint density at radius 2 is 1.50 bits per heavy atom.